The lowest BCUT2D eigenvalue weighted by Gasteiger charge is -2.09. The topological polar surface area (TPSA) is 67.8 Å². The average molecular weight is 289 g/mol. The number of fused-ring (bicyclic) bond motifs is 1. The van der Waals surface area contributed by atoms with Crippen LogP contribution in [0.15, 0.2) is 36.4 Å². The Morgan fingerprint density at radius 3 is 2.76 bits per heavy atom. The van der Waals surface area contributed by atoms with Crippen molar-refractivity contribution in [2.75, 3.05) is 27.1 Å². The van der Waals surface area contributed by atoms with Gasteiger partial charge in [0.15, 0.2) is 0 Å². The van der Waals surface area contributed by atoms with Crippen molar-refractivity contribution in [3.63, 3.8) is 0 Å². The number of hydrogen-bond acceptors (Lipinski definition) is 4. The van der Waals surface area contributed by atoms with Gasteiger partial charge < -0.3 is 19.9 Å². The summed E-state index contributed by atoms with van der Waals surface area (Å²) < 4.78 is 9.91. The van der Waals surface area contributed by atoms with E-state index < -0.39 is 0 Å². The van der Waals surface area contributed by atoms with Crippen molar-refractivity contribution < 1.29 is 19.4 Å². The summed E-state index contributed by atoms with van der Waals surface area (Å²) in [6.07, 6.45) is 0.700. The van der Waals surface area contributed by atoms with Crippen LogP contribution in [0.25, 0.3) is 10.8 Å². The number of phenols is 1. The number of carbonyl (C=O) groups is 1. The van der Waals surface area contributed by atoms with Crippen LogP contribution >= 0.6 is 0 Å². The minimum absolute atomic E-state index is 0.113. The normalized spacial score (nSPS) is 10.7. The highest BCUT2D eigenvalue weighted by molar-refractivity contribution is 6.09. The van der Waals surface area contributed by atoms with Gasteiger partial charge in [0, 0.05) is 19.0 Å². The van der Waals surface area contributed by atoms with Crippen LogP contribution in [-0.2, 0) is 9.47 Å². The van der Waals surface area contributed by atoms with Gasteiger partial charge in [-0.25, -0.2) is 0 Å². The summed E-state index contributed by atoms with van der Waals surface area (Å²) in [4.78, 5) is 12.2. The van der Waals surface area contributed by atoms with E-state index in [1.807, 2.05) is 12.1 Å². The maximum Gasteiger partial charge on any atom is 0.252 e. The maximum absolute atomic E-state index is 12.2. The summed E-state index contributed by atoms with van der Waals surface area (Å²) in [6, 6.07) is 10.6. The molecule has 2 aromatic rings. The van der Waals surface area contributed by atoms with Crippen molar-refractivity contribution in [1.82, 2.24) is 5.32 Å². The van der Waals surface area contributed by atoms with E-state index in [4.69, 9.17) is 9.47 Å². The van der Waals surface area contributed by atoms with Crippen molar-refractivity contribution in [2.45, 2.75) is 6.42 Å². The third-order valence-corrected chi connectivity index (χ3v) is 3.08. The second kappa shape index (κ2) is 7.61. The molecule has 0 atom stereocenters. The highest BCUT2D eigenvalue weighted by Gasteiger charge is 2.12. The second-order valence-electron chi connectivity index (χ2n) is 4.61. The number of hydrogen-bond donors (Lipinski definition) is 2. The van der Waals surface area contributed by atoms with Crippen molar-refractivity contribution >= 4 is 16.7 Å². The largest absolute Gasteiger partial charge is 0.507 e. The SMILES string of the molecule is COCOCCCNC(=O)c1cccc2cccc(O)c12. The van der Waals surface area contributed by atoms with Crippen LogP contribution in [0.4, 0.5) is 0 Å². The third kappa shape index (κ3) is 3.93. The first-order valence-electron chi connectivity index (χ1n) is 6.79. The van der Waals surface area contributed by atoms with Gasteiger partial charge in [-0.3, -0.25) is 4.79 Å². The van der Waals surface area contributed by atoms with Crippen LogP contribution in [0, 0.1) is 0 Å². The summed E-state index contributed by atoms with van der Waals surface area (Å²) in [6.45, 7) is 1.28. The number of ether oxygens (including phenoxy) is 2. The lowest BCUT2D eigenvalue weighted by atomic mass is 10.0. The molecule has 0 bridgehead atoms. The Morgan fingerprint density at radius 2 is 2.00 bits per heavy atom. The first-order valence-corrected chi connectivity index (χ1v) is 6.79. The molecule has 2 rings (SSSR count). The number of carbonyl (C=O) groups excluding carboxylic acids is 1. The van der Waals surface area contributed by atoms with E-state index in [0.29, 0.717) is 30.5 Å². The molecular weight excluding hydrogens is 270 g/mol. The number of nitrogens with one attached hydrogen (secondary N) is 1. The summed E-state index contributed by atoms with van der Waals surface area (Å²) in [5.74, 6) is -0.0875. The Hall–Kier alpha value is -2.11. The number of benzene rings is 2. The standard InChI is InChI=1S/C16H19NO4/c1-20-11-21-10-4-9-17-16(19)13-7-2-5-12-6-3-8-14(18)15(12)13/h2-3,5-8,18H,4,9-11H2,1H3,(H,17,19). The van der Waals surface area contributed by atoms with Crippen molar-refractivity contribution in [2.24, 2.45) is 0 Å². The molecule has 0 aromatic heterocycles. The molecule has 2 aromatic carbocycles. The molecule has 0 fully saturated rings. The van der Waals surface area contributed by atoms with E-state index in [9.17, 15) is 9.90 Å². The molecule has 0 spiro atoms. The fourth-order valence-corrected chi connectivity index (χ4v) is 2.12. The lowest BCUT2D eigenvalue weighted by molar-refractivity contribution is -0.0308. The fraction of sp³-hybridized carbons (Fsp3) is 0.312. The number of methoxy groups -OCH3 is 1. The highest BCUT2D eigenvalue weighted by atomic mass is 16.7. The first kappa shape index (κ1) is 15.3. The van der Waals surface area contributed by atoms with Gasteiger partial charge in [0.2, 0.25) is 0 Å². The lowest BCUT2D eigenvalue weighted by Crippen LogP contribution is -2.25. The molecule has 0 saturated carbocycles. The molecular formula is C16H19NO4. The van der Waals surface area contributed by atoms with E-state index >= 15 is 0 Å². The van der Waals surface area contributed by atoms with Crippen molar-refractivity contribution in [3.05, 3.63) is 42.0 Å². The zero-order valence-electron chi connectivity index (χ0n) is 12.0. The molecule has 0 heterocycles. The smallest absolute Gasteiger partial charge is 0.252 e. The van der Waals surface area contributed by atoms with Crippen LogP contribution < -0.4 is 5.32 Å². The van der Waals surface area contributed by atoms with Gasteiger partial charge in [0.25, 0.3) is 5.91 Å². The Morgan fingerprint density at radius 1 is 1.24 bits per heavy atom. The monoisotopic (exact) mass is 289 g/mol. The predicted octanol–water partition coefficient (Wildman–Crippen LogP) is 2.29. The molecule has 1 amide bonds. The number of phenolic OH excluding ortho intramolecular Hbond substituents is 1. The first-order chi connectivity index (χ1) is 10.2. The molecule has 0 radical (unpaired) electrons. The Kier molecular flexibility index (Phi) is 5.54. The summed E-state index contributed by atoms with van der Waals surface area (Å²) in [7, 11) is 1.56. The van der Waals surface area contributed by atoms with E-state index in [-0.39, 0.29) is 18.4 Å². The van der Waals surface area contributed by atoms with Gasteiger partial charge in [-0.1, -0.05) is 24.3 Å². The molecule has 0 unspecified atom stereocenters. The summed E-state index contributed by atoms with van der Waals surface area (Å²) >= 11 is 0. The van der Waals surface area contributed by atoms with Crippen LogP contribution in [0.5, 0.6) is 5.75 Å². The Balaban J connectivity index is 2.00. The van der Waals surface area contributed by atoms with E-state index in [2.05, 4.69) is 5.32 Å². The second-order valence-corrected chi connectivity index (χ2v) is 4.61. The van der Waals surface area contributed by atoms with Crippen LogP contribution in [0.2, 0.25) is 0 Å². The van der Waals surface area contributed by atoms with E-state index in [1.54, 1.807) is 31.4 Å². The number of rotatable bonds is 7. The third-order valence-electron chi connectivity index (χ3n) is 3.08. The quantitative estimate of drug-likeness (QED) is 0.606. The number of amides is 1. The van der Waals surface area contributed by atoms with E-state index in [1.165, 1.54) is 0 Å². The molecule has 21 heavy (non-hydrogen) atoms. The molecule has 0 saturated heterocycles. The minimum atomic E-state index is -0.200. The number of aromatic hydroxyl groups is 1. The molecule has 5 heteroatoms. The molecule has 0 aliphatic carbocycles. The maximum atomic E-state index is 12.2. The van der Waals surface area contributed by atoms with Gasteiger partial charge in [-0.05, 0) is 23.9 Å². The Labute approximate surface area is 123 Å². The van der Waals surface area contributed by atoms with Gasteiger partial charge in [-0.15, -0.1) is 0 Å². The molecule has 5 nitrogen and oxygen atoms in total. The Bertz CT molecular complexity index is 607. The molecule has 2 N–H and O–H groups in total. The summed E-state index contributed by atoms with van der Waals surface area (Å²) in [5.41, 5.74) is 0.475. The van der Waals surface area contributed by atoms with Crippen LogP contribution in [0.3, 0.4) is 0 Å². The minimum Gasteiger partial charge on any atom is -0.507 e. The zero-order valence-corrected chi connectivity index (χ0v) is 12.0. The van der Waals surface area contributed by atoms with Gasteiger partial charge >= 0.3 is 0 Å². The highest BCUT2D eigenvalue weighted by Crippen LogP contribution is 2.27. The van der Waals surface area contributed by atoms with E-state index in [0.717, 1.165) is 5.39 Å². The zero-order chi connectivity index (χ0) is 15.1. The van der Waals surface area contributed by atoms with Crippen LogP contribution in [-0.4, -0.2) is 38.1 Å². The summed E-state index contributed by atoms with van der Waals surface area (Å²) in [5, 5.41) is 14.2. The van der Waals surface area contributed by atoms with Crippen molar-refractivity contribution in [1.29, 1.82) is 0 Å². The van der Waals surface area contributed by atoms with Gasteiger partial charge in [0.05, 0.1) is 12.2 Å². The van der Waals surface area contributed by atoms with Crippen molar-refractivity contribution in [3.8, 4) is 5.75 Å². The van der Waals surface area contributed by atoms with Crippen LogP contribution in [0.1, 0.15) is 16.8 Å². The molecule has 0 aliphatic rings. The fourth-order valence-electron chi connectivity index (χ4n) is 2.12. The predicted molar refractivity (Wildman–Crippen MR) is 80.4 cm³/mol. The molecule has 0 aliphatic heterocycles. The van der Waals surface area contributed by atoms with Gasteiger partial charge in [0.1, 0.15) is 12.5 Å². The van der Waals surface area contributed by atoms with Gasteiger partial charge in [-0.2, -0.15) is 0 Å². The molecule has 112 valence electrons. The average Bonchev–Trinajstić information content (AvgIpc) is 2.50.